The Kier molecular flexibility index (Phi) is 3.17. The van der Waals surface area contributed by atoms with Crippen molar-refractivity contribution in [3.8, 4) is 0 Å². The van der Waals surface area contributed by atoms with E-state index in [1.807, 2.05) is 0 Å². The molecule has 1 aliphatic heterocycles. The van der Waals surface area contributed by atoms with E-state index < -0.39 is 0 Å². The number of nitrogens with one attached hydrogen (secondary N) is 1. The highest BCUT2D eigenvalue weighted by molar-refractivity contribution is 7.15. The number of amides is 2. The smallest absolute Gasteiger partial charge is 0.261 e. The van der Waals surface area contributed by atoms with Crippen molar-refractivity contribution in [3.63, 3.8) is 0 Å². The summed E-state index contributed by atoms with van der Waals surface area (Å²) >= 11 is 1.56. The second-order valence-corrected chi connectivity index (χ2v) is 5.83. The Morgan fingerprint density at radius 1 is 1.28 bits per heavy atom. The molecule has 0 radical (unpaired) electrons. The Hall–Kier alpha value is -1.21. The van der Waals surface area contributed by atoms with Crippen molar-refractivity contribution in [2.45, 2.75) is 38.0 Å². The van der Waals surface area contributed by atoms with Crippen LogP contribution in [-0.2, 0) is 0 Å². The SMILES string of the molecule is CN1NCN(c2nnc(C3CCCCC3)s2)C1=O. The maximum Gasteiger partial charge on any atom is 0.341 e. The molecule has 1 saturated heterocycles. The van der Waals surface area contributed by atoms with Gasteiger partial charge in [0.2, 0.25) is 5.13 Å². The lowest BCUT2D eigenvalue weighted by atomic mass is 9.90. The molecule has 2 aliphatic rings. The molecule has 2 fully saturated rings. The first-order valence-electron chi connectivity index (χ1n) is 6.38. The summed E-state index contributed by atoms with van der Waals surface area (Å²) in [6.45, 7) is 0.481. The highest BCUT2D eigenvalue weighted by Crippen LogP contribution is 2.36. The minimum absolute atomic E-state index is 0.0682. The van der Waals surface area contributed by atoms with Crippen LogP contribution in [0.3, 0.4) is 0 Å². The summed E-state index contributed by atoms with van der Waals surface area (Å²) in [4.78, 5) is 13.4. The molecule has 1 N–H and O–H groups in total. The zero-order valence-corrected chi connectivity index (χ0v) is 11.2. The summed E-state index contributed by atoms with van der Waals surface area (Å²) in [5.41, 5.74) is 2.96. The molecular weight excluding hydrogens is 250 g/mol. The number of hydrazine groups is 1. The molecule has 0 atom stereocenters. The van der Waals surface area contributed by atoms with Crippen LogP contribution in [0, 0.1) is 0 Å². The largest absolute Gasteiger partial charge is 0.341 e. The van der Waals surface area contributed by atoms with Crippen LogP contribution < -0.4 is 10.3 Å². The number of hydrogen-bond donors (Lipinski definition) is 1. The number of rotatable bonds is 2. The Bertz CT molecular complexity index is 442. The van der Waals surface area contributed by atoms with Gasteiger partial charge in [0.25, 0.3) is 0 Å². The van der Waals surface area contributed by atoms with E-state index in [2.05, 4.69) is 15.6 Å². The predicted octanol–water partition coefficient (Wildman–Crippen LogP) is 1.92. The van der Waals surface area contributed by atoms with Crippen LogP contribution in [-0.4, -0.2) is 35.0 Å². The van der Waals surface area contributed by atoms with E-state index in [-0.39, 0.29) is 6.03 Å². The third-order valence-corrected chi connectivity index (χ3v) is 4.71. The van der Waals surface area contributed by atoms with E-state index in [0.717, 1.165) is 5.01 Å². The summed E-state index contributed by atoms with van der Waals surface area (Å²) in [5, 5.41) is 11.7. The van der Waals surface area contributed by atoms with Crippen LogP contribution in [0.4, 0.5) is 9.93 Å². The Balaban J connectivity index is 1.75. The molecule has 0 aromatic carbocycles. The molecule has 98 valence electrons. The van der Waals surface area contributed by atoms with Gasteiger partial charge in [0.1, 0.15) is 5.01 Å². The van der Waals surface area contributed by atoms with Gasteiger partial charge in [0.15, 0.2) is 0 Å². The van der Waals surface area contributed by atoms with E-state index in [1.54, 1.807) is 23.3 Å². The quantitative estimate of drug-likeness (QED) is 0.889. The van der Waals surface area contributed by atoms with Gasteiger partial charge in [-0.2, -0.15) is 0 Å². The highest BCUT2D eigenvalue weighted by atomic mass is 32.1. The first-order valence-corrected chi connectivity index (χ1v) is 7.19. The first-order chi connectivity index (χ1) is 8.75. The number of aromatic nitrogens is 2. The van der Waals surface area contributed by atoms with Crippen LogP contribution in [0.1, 0.15) is 43.0 Å². The van der Waals surface area contributed by atoms with Crippen molar-refractivity contribution in [1.29, 1.82) is 0 Å². The number of nitrogens with zero attached hydrogens (tertiary/aromatic N) is 4. The minimum Gasteiger partial charge on any atom is -0.261 e. The fraction of sp³-hybridized carbons (Fsp3) is 0.727. The third-order valence-electron chi connectivity index (χ3n) is 3.60. The van der Waals surface area contributed by atoms with Crippen molar-refractivity contribution >= 4 is 22.5 Å². The molecule has 0 bridgehead atoms. The van der Waals surface area contributed by atoms with Crippen LogP contribution in [0.5, 0.6) is 0 Å². The maximum absolute atomic E-state index is 11.8. The molecule has 18 heavy (non-hydrogen) atoms. The third kappa shape index (κ3) is 2.08. The standard InChI is InChI=1S/C11H17N5OS/c1-15-11(17)16(7-12-15)10-14-13-9(18-10)8-5-3-2-4-6-8/h8,12H,2-7H2,1H3. The van der Waals surface area contributed by atoms with Gasteiger partial charge in [-0.3, -0.25) is 9.91 Å². The number of hydrogen-bond acceptors (Lipinski definition) is 5. The number of urea groups is 1. The molecule has 2 amide bonds. The van der Waals surface area contributed by atoms with Gasteiger partial charge in [0, 0.05) is 13.0 Å². The Morgan fingerprint density at radius 2 is 2.06 bits per heavy atom. The summed E-state index contributed by atoms with van der Waals surface area (Å²) < 4.78 is 0. The van der Waals surface area contributed by atoms with Crippen molar-refractivity contribution in [3.05, 3.63) is 5.01 Å². The van der Waals surface area contributed by atoms with E-state index in [1.165, 1.54) is 37.1 Å². The fourth-order valence-corrected chi connectivity index (χ4v) is 3.50. The van der Waals surface area contributed by atoms with E-state index in [0.29, 0.717) is 17.7 Å². The van der Waals surface area contributed by atoms with Crippen LogP contribution in [0.2, 0.25) is 0 Å². The summed E-state index contributed by atoms with van der Waals surface area (Å²) in [6, 6.07) is -0.0682. The van der Waals surface area contributed by atoms with Gasteiger partial charge < -0.3 is 0 Å². The molecule has 3 rings (SSSR count). The summed E-state index contributed by atoms with van der Waals surface area (Å²) in [7, 11) is 1.71. The highest BCUT2D eigenvalue weighted by Gasteiger charge is 2.30. The number of anilines is 1. The van der Waals surface area contributed by atoms with Crippen molar-refractivity contribution in [2.24, 2.45) is 0 Å². The average Bonchev–Trinajstić information content (AvgIpc) is 3.00. The second-order valence-electron chi connectivity index (χ2n) is 4.84. The fourth-order valence-electron chi connectivity index (χ4n) is 2.49. The predicted molar refractivity (Wildman–Crippen MR) is 69.4 cm³/mol. The van der Waals surface area contributed by atoms with Crippen LogP contribution >= 0.6 is 11.3 Å². The summed E-state index contributed by atoms with van der Waals surface area (Å²) in [5.74, 6) is 0.549. The van der Waals surface area contributed by atoms with Crippen molar-refractivity contribution < 1.29 is 4.79 Å². The van der Waals surface area contributed by atoms with Gasteiger partial charge in [-0.15, -0.1) is 10.2 Å². The summed E-state index contributed by atoms with van der Waals surface area (Å²) in [6.07, 6.45) is 6.32. The number of carbonyl (C=O) groups is 1. The molecule has 6 nitrogen and oxygen atoms in total. The molecule has 1 aliphatic carbocycles. The van der Waals surface area contributed by atoms with Gasteiger partial charge in [0.05, 0.1) is 6.67 Å². The number of carbonyl (C=O) groups excluding carboxylic acids is 1. The molecule has 0 spiro atoms. The van der Waals surface area contributed by atoms with Crippen molar-refractivity contribution in [2.75, 3.05) is 18.6 Å². The topological polar surface area (TPSA) is 61.4 Å². The maximum atomic E-state index is 11.8. The Morgan fingerprint density at radius 3 is 2.72 bits per heavy atom. The lowest BCUT2D eigenvalue weighted by Crippen LogP contribution is -2.31. The van der Waals surface area contributed by atoms with E-state index >= 15 is 0 Å². The lowest BCUT2D eigenvalue weighted by Gasteiger charge is -2.18. The normalized spacial score (nSPS) is 21.9. The first kappa shape index (κ1) is 11.9. The Labute approximate surface area is 110 Å². The van der Waals surface area contributed by atoms with Gasteiger partial charge in [-0.05, 0) is 12.8 Å². The average molecular weight is 267 g/mol. The van der Waals surface area contributed by atoms with Crippen molar-refractivity contribution in [1.82, 2.24) is 20.6 Å². The molecule has 1 aromatic heterocycles. The molecule has 0 unspecified atom stereocenters. The lowest BCUT2D eigenvalue weighted by molar-refractivity contribution is 0.217. The molecule has 1 aromatic rings. The molecular formula is C11H17N5OS. The zero-order chi connectivity index (χ0) is 12.5. The second kappa shape index (κ2) is 4.81. The van der Waals surface area contributed by atoms with Gasteiger partial charge in [-0.1, -0.05) is 30.6 Å². The van der Waals surface area contributed by atoms with Gasteiger partial charge in [-0.25, -0.2) is 10.2 Å². The van der Waals surface area contributed by atoms with Crippen LogP contribution in [0.25, 0.3) is 0 Å². The molecule has 7 heteroatoms. The monoisotopic (exact) mass is 267 g/mol. The molecule has 1 saturated carbocycles. The van der Waals surface area contributed by atoms with E-state index in [9.17, 15) is 4.79 Å². The zero-order valence-electron chi connectivity index (χ0n) is 10.4. The van der Waals surface area contributed by atoms with E-state index in [4.69, 9.17) is 0 Å². The van der Waals surface area contributed by atoms with Gasteiger partial charge >= 0.3 is 6.03 Å². The van der Waals surface area contributed by atoms with Crippen LogP contribution in [0.15, 0.2) is 0 Å². The minimum atomic E-state index is -0.0682. The molecule has 2 heterocycles.